The molecule has 0 aliphatic carbocycles. The van der Waals surface area contributed by atoms with Crippen molar-refractivity contribution in [3.05, 3.63) is 54.1 Å². The molecule has 0 atom stereocenters. The van der Waals surface area contributed by atoms with E-state index in [9.17, 15) is 0 Å². The molecule has 0 aliphatic rings. The molecule has 2 rings (SSSR count). The molecule has 3 heteroatoms. The SMILES string of the molecule is CCc1ccc(OCCCOc2ccccc2OC)cc1. The highest BCUT2D eigenvalue weighted by atomic mass is 16.5. The lowest BCUT2D eigenvalue weighted by Gasteiger charge is -2.11. The topological polar surface area (TPSA) is 27.7 Å². The van der Waals surface area contributed by atoms with Gasteiger partial charge in [0.1, 0.15) is 5.75 Å². The second-order valence-corrected chi connectivity index (χ2v) is 4.70. The highest BCUT2D eigenvalue weighted by Crippen LogP contribution is 2.25. The number of para-hydroxylation sites is 2. The van der Waals surface area contributed by atoms with E-state index in [-0.39, 0.29) is 0 Å². The molecular weight excluding hydrogens is 264 g/mol. The Bertz CT molecular complexity index is 534. The van der Waals surface area contributed by atoms with Crippen LogP contribution in [0.1, 0.15) is 18.9 Å². The molecule has 0 fully saturated rings. The van der Waals surface area contributed by atoms with E-state index >= 15 is 0 Å². The second-order valence-electron chi connectivity index (χ2n) is 4.70. The lowest BCUT2D eigenvalue weighted by atomic mass is 10.2. The summed E-state index contributed by atoms with van der Waals surface area (Å²) in [6, 6.07) is 15.9. The summed E-state index contributed by atoms with van der Waals surface area (Å²) in [4.78, 5) is 0. The number of aryl methyl sites for hydroxylation is 1. The largest absolute Gasteiger partial charge is 0.493 e. The standard InChI is InChI=1S/C18H22O3/c1-3-15-9-11-16(12-10-15)20-13-6-14-21-18-8-5-4-7-17(18)19-2/h4-5,7-12H,3,6,13-14H2,1-2H3. The Labute approximate surface area is 126 Å². The molecule has 0 amide bonds. The summed E-state index contributed by atoms with van der Waals surface area (Å²) >= 11 is 0. The Morgan fingerprint density at radius 1 is 0.810 bits per heavy atom. The van der Waals surface area contributed by atoms with Crippen molar-refractivity contribution in [3.63, 3.8) is 0 Å². The van der Waals surface area contributed by atoms with Gasteiger partial charge in [0.15, 0.2) is 11.5 Å². The predicted molar refractivity (Wildman–Crippen MR) is 84.4 cm³/mol. The zero-order chi connectivity index (χ0) is 14.9. The molecule has 2 aromatic carbocycles. The van der Waals surface area contributed by atoms with Crippen LogP contribution in [0.2, 0.25) is 0 Å². The molecule has 21 heavy (non-hydrogen) atoms. The van der Waals surface area contributed by atoms with Crippen molar-refractivity contribution < 1.29 is 14.2 Å². The maximum absolute atomic E-state index is 5.70. The quantitative estimate of drug-likeness (QED) is 0.684. The average Bonchev–Trinajstić information content (AvgIpc) is 2.55. The maximum Gasteiger partial charge on any atom is 0.161 e. The number of hydrogen-bond acceptors (Lipinski definition) is 3. The number of benzene rings is 2. The van der Waals surface area contributed by atoms with Gasteiger partial charge >= 0.3 is 0 Å². The monoisotopic (exact) mass is 286 g/mol. The summed E-state index contributed by atoms with van der Waals surface area (Å²) in [5.41, 5.74) is 1.32. The lowest BCUT2D eigenvalue weighted by molar-refractivity contribution is 0.240. The third-order valence-electron chi connectivity index (χ3n) is 3.22. The first-order valence-corrected chi connectivity index (χ1v) is 7.31. The Kier molecular flexibility index (Phi) is 5.95. The summed E-state index contributed by atoms with van der Waals surface area (Å²) in [6.07, 6.45) is 1.88. The molecule has 0 saturated carbocycles. The highest BCUT2D eigenvalue weighted by Gasteiger charge is 2.02. The summed E-state index contributed by atoms with van der Waals surface area (Å²) in [5.74, 6) is 2.44. The van der Waals surface area contributed by atoms with Gasteiger partial charge < -0.3 is 14.2 Å². The van der Waals surface area contributed by atoms with Gasteiger partial charge in [-0.05, 0) is 36.2 Å². The van der Waals surface area contributed by atoms with Crippen molar-refractivity contribution in [2.24, 2.45) is 0 Å². The molecular formula is C18H22O3. The van der Waals surface area contributed by atoms with Crippen molar-refractivity contribution in [2.45, 2.75) is 19.8 Å². The fraction of sp³-hybridized carbons (Fsp3) is 0.333. The molecule has 0 bridgehead atoms. The van der Waals surface area contributed by atoms with E-state index in [0.29, 0.717) is 13.2 Å². The third-order valence-corrected chi connectivity index (χ3v) is 3.22. The molecule has 0 spiro atoms. The fourth-order valence-corrected chi connectivity index (χ4v) is 1.99. The van der Waals surface area contributed by atoms with E-state index in [2.05, 4.69) is 19.1 Å². The zero-order valence-electron chi connectivity index (χ0n) is 12.7. The van der Waals surface area contributed by atoms with E-state index in [1.807, 2.05) is 36.4 Å². The van der Waals surface area contributed by atoms with Crippen molar-refractivity contribution in [2.75, 3.05) is 20.3 Å². The van der Waals surface area contributed by atoms with E-state index < -0.39 is 0 Å². The van der Waals surface area contributed by atoms with Crippen LogP contribution in [0.4, 0.5) is 0 Å². The molecule has 0 unspecified atom stereocenters. The zero-order valence-corrected chi connectivity index (χ0v) is 12.7. The van der Waals surface area contributed by atoms with Crippen LogP contribution < -0.4 is 14.2 Å². The van der Waals surface area contributed by atoms with Gasteiger partial charge in [-0.2, -0.15) is 0 Å². The molecule has 3 nitrogen and oxygen atoms in total. The second kappa shape index (κ2) is 8.20. The van der Waals surface area contributed by atoms with Crippen LogP contribution in [0.3, 0.4) is 0 Å². The van der Waals surface area contributed by atoms with Crippen LogP contribution in [0.5, 0.6) is 17.2 Å². The fourth-order valence-electron chi connectivity index (χ4n) is 1.99. The van der Waals surface area contributed by atoms with Crippen LogP contribution in [0.25, 0.3) is 0 Å². The van der Waals surface area contributed by atoms with Gasteiger partial charge in [0, 0.05) is 6.42 Å². The lowest BCUT2D eigenvalue weighted by Crippen LogP contribution is -2.05. The normalized spacial score (nSPS) is 10.2. The van der Waals surface area contributed by atoms with Gasteiger partial charge in [-0.25, -0.2) is 0 Å². The van der Waals surface area contributed by atoms with Crippen LogP contribution >= 0.6 is 0 Å². The number of methoxy groups -OCH3 is 1. The van der Waals surface area contributed by atoms with E-state index in [0.717, 1.165) is 30.1 Å². The Hall–Kier alpha value is -2.16. The van der Waals surface area contributed by atoms with Crippen LogP contribution in [0.15, 0.2) is 48.5 Å². The van der Waals surface area contributed by atoms with Crippen molar-refractivity contribution in [1.29, 1.82) is 0 Å². The van der Waals surface area contributed by atoms with E-state index in [1.54, 1.807) is 7.11 Å². The molecule has 112 valence electrons. The third kappa shape index (κ3) is 4.71. The number of hydrogen-bond donors (Lipinski definition) is 0. The molecule has 0 saturated heterocycles. The molecule has 0 aliphatic heterocycles. The minimum absolute atomic E-state index is 0.605. The summed E-state index contributed by atoms with van der Waals surface area (Å²) in [5, 5.41) is 0. The highest BCUT2D eigenvalue weighted by molar-refractivity contribution is 5.39. The first-order chi connectivity index (χ1) is 10.3. The minimum atomic E-state index is 0.605. The van der Waals surface area contributed by atoms with Crippen molar-refractivity contribution in [1.82, 2.24) is 0 Å². The first-order valence-electron chi connectivity index (χ1n) is 7.31. The van der Waals surface area contributed by atoms with Crippen LogP contribution in [-0.4, -0.2) is 20.3 Å². The minimum Gasteiger partial charge on any atom is -0.493 e. The van der Waals surface area contributed by atoms with Crippen LogP contribution in [0, 0.1) is 0 Å². The molecule has 0 N–H and O–H groups in total. The van der Waals surface area contributed by atoms with Crippen molar-refractivity contribution >= 4 is 0 Å². The number of rotatable bonds is 8. The average molecular weight is 286 g/mol. The molecule has 0 heterocycles. The van der Waals surface area contributed by atoms with Gasteiger partial charge in [0.2, 0.25) is 0 Å². The first kappa shape index (κ1) is 15.2. The van der Waals surface area contributed by atoms with Crippen molar-refractivity contribution in [3.8, 4) is 17.2 Å². The smallest absolute Gasteiger partial charge is 0.161 e. The molecule has 0 aromatic heterocycles. The molecule has 0 radical (unpaired) electrons. The van der Waals surface area contributed by atoms with Gasteiger partial charge in [-0.3, -0.25) is 0 Å². The Balaban J connectivity index is 1.70. The number of ether oxygens (including phenoxy) is 3. The van der Waals surface area contributed by atoms with E-state index in [4.69, 9.17) is 14.2 Å². The Morgan fingerprint density at radius 2 is 1.48 bits per heavy atom. The van der Waals surface area contributed by atoms with Gasteiger partial charge in [-0.1, -0.05) is 31.2 Å². The predicted octanol–water partition coefficient (Wildman–Crippen LogP) is 4.11. The summed E-state index contributed by atoms with van der Waals surface area (Å²) < 4.78 is 16.6. The molecule has 2 aromatic rings. The Morgan fingerprint density at radius 3 is 2.14 bits per heavy atom. The van der Waals surface area contributed by atoms with E-state index in [1.165, 1.54) is 5.56 Å². The summed E-state index contributed by atoms with van der Waals surface area (Å²) in [6.45, 7) is 3.39. The van der Waals surface area contributed by atoms with Crippen LogP contribution in [-0.2, 0) is 6.42 Å². The van der Waals surface area contributed by atoms with Gasteiger partial charge in [-0.15, -0.1) is 0 Å². The van der Waals surface area contributed by atoms with Gasteiger partial charge in [0.05, 0.1) is 20.3 Å². The summed E-state index contributed by atoms with van der Waals surface area (Å²) in [7, 11) is 1.64. The van der Waals surface area contributed by atoms with Gasteiger partial charge in [0.25, 0.3) is 0 Å². The maximum atomic E-state index is 5.70.